The van der Waals surface area contributed by atoms with Crippen molar-refractivity contribution in [3.05, 3.63) is 22.2 Å². The predicted octanol–water partition coefficient (Wildman–Crippen LogP) is 2.55. The molecule has 0 saturated carbocycles. The predicted molar refractivity (Wildman–Crippen MR) is 72.9 cm³/mol. The molecule has 0 aliphatic heterocycles. The second-order valence-corrected chi connectivity index (χ2v) is 4.31. The molecule has 0 aliphatic carbocycles. The molecule has 0 fully saturated rings. The number of hydrogen-bond donors (Lipinski definition) is 1. The van der Waals surface area contributed by atoms with Gasteiger partial charge in [-0.25, -0.2) is 0 Å². The Hall–Kier alpha value is -0.400. The summed E-state index contributed by atoms with van der Waals surface area (Å²) < 4.78 is 10.0. The molecule has 0 saturated heterocycles. The average Bonchev–Trinajstić information content (AvgIpc) is 2.31. The third-order valence-electron chi connectivity index (χ3n) is 2.31. The van der Waals surface area contributed by atoms with Gasteiger partial charge in [-0.2, -0.15) is 0 Å². The van der Waals surface area contributed by atoms with E-state index in [0.717, 1.165) is 0 Å². The number of hydrogen-bond acceptors (Lipinski definition) is 4. The van der Waals surface area contributed by atoms with Crippen molar-refractivity contribution >= 4 is 36.3 Å². The fraction of sp³-hybridized carbons (Fsp3) is 0.300. The van der Waals surface area contributed by atoms with E-state index in [1.807, 2.05) is 9.47 Å². The van der Waals surface area contributed by atoms with E-state index in [0.29, 0.717) is 22.1 Å². The summed E-state index contributed by atoms with van der Waals surface area (Å²) in [6.07, 6.45) is -1.12. The van der Waals surface area contributed by atoms with Crippen LogP contribution in [0.25, 0.3) is 0 Å². The number of halogens is 1. The van der Waals surface area contributed by atoms with Crippen LogP contribution in [-0.4, -0.2) is 17.0 Å². The van der Waals surface area contributed by atoms with Gasteiger partial charge in [0.15, 0.2) is 5.78 Å². The molecule has 1 aromatic carbocycles. The van der Waals surface area contributed by atoms with Crippen molar-refractivity contribution in [2.75, 3.05) is 0 Å². The van der Waals surface area contributed by atoms with Crippen molar-refractivity contribution in [3.8, 4) is 11.5 Å². The summed E-state index contributed by atoms with van der Waals surface area (Å²) in [5.41, 5.74) is 0.765. The lowest BCUT2D eigenvalue weighted by Gasteiger charge is -2.15. The van der Waals surface area contributed by atoms with Gasteiger partial charge in [0.2, 0.25) is 0 Å². The average molecular weight is 295 g/mol. The lowest BCUT2D eigenvalue weighted by molar-refractivity contribution is 0.0777. The largest absolute Gasteiger partial charge is 0.479 e. The van der Waals surface area contributed by atoms with Gasteiger partial charge in [0.25, 0.3) is 0 Å². The third-order valence-corrected chi connectivity index (χ3v) is 3.29. The molecule has 7 heteroatoms. The molecule has 0 heterocycles. The second kappa shape index (κ2) is 5.97. The van der Waals surface area contributed by atoms with Crippen LogP contribution in [0.4, 0.5) is 0 Å². The fourth-order valence-corrected chi connectivity index (χ4v) is 2.07. The highest BCUT2D eigenvalue weighted by atomic mass is 35.5. The summed E-state index contributed by atoms with van der Waals surface area (Å²) in [7, 11) is 4.12. The Labute approximate surface area is 109 Å². The molecule has 3 atom stereocenters. The normalized spacial score (nSPS) is 12.1. The van der Waals surface area contributed by atoms with Crippen molar-refractivity contribution < 1.29 is 18.9 Å². The van der Waals surface area contributed by atoms with Crippen molar-refractivity contribution in [1.82, 2.24) is 0 Å². The molecule has 1 rings (SSSR count). The van der Waals surface area contributed by atoms with Crippen LogP contribution in [0.2, 0.25) is 5.02 Å². The number of carbonyl (C=O) groups is 1. The van der Waals surface area contributed by atoms with E-state index in [1.54, 1.807) is 6.92 Å². The first-order valence-corrected chi connectivity index (χ1v) is 6.05. The van der Waals surface area contributed by atoms with Crippen LogP contribution in [0.3, 0.4) is 0 Å². The van der Waals surface area contributed by atoms with E-state index in [4.69, 9.17) is 20.6 Å². The lowest BCUT2D eigenvalue weighted by Crippen LogP contribution is -2.18. The molecule has 3 unspecified atom stereocenters. The van der Waals surface area contributed by atoms with Crippen molar-refractivity contribution in [2.45, 2.75) is 20.0 Å². The maximum atomic E-state index is 11.9. The number of Topliss-reactive ketones (excluding diaryl/α,β-unsaturated/α-hetero) is 1. The summed E-state index contributed by atoms with van der Waals surface area (Å²) >= 11 is 6.04. The van der Waals surface area contributed by atoms with Crippen molar-refractivity contribution in [1.29, 1.82) is 0 Å². The van der Waals surface area contributed by atoms with Crippen LogP contribution >= 0.6 is 30.5 Å². The molecule has 4 nitrogen and oxygen atoms in total. The van der Waals surface area contributed by atoms with Gasteiger partial charge in [-0.05, 0) is 19.4 Å². The second-order valence-electron chi connectivity index (χ2n) is 3.46. The molecule has 0 aliphatic rings. The molecule has 1 aromatic rings. The van der Waals surface area contributed by atoms with Crippen LogP contribution in [0.5, 0.6) is 11.5 Å². The molecule has 0 bridgehead atoms. The first-order chi connectivity index (χ1) is 7.93. The van der Waals surface area contributed by atoms with Crippen LogP contribution in [0.1, 0.15) is 22.8 Å². The molecular weight excluding hydrogens is 282 g/mol. The summed E-state index contributed by atoms with van der Waals surface area (Å²) in [6.45, 7) is 3.06. The van der Waals surface area contributed by atoms with Crippen molar-refractivity contribution in [2.24, 2.45) is 0 Å². The number of ketones is 1. The highest BCUT2D eigenvalue weighted by Crippen LogP contribution is 2.38. The van der Waals surface area contributed by atoms with Gasteiger partial charge < -0.3 is 14.2 Å². The maximum Gasteiger partial charge on any atom is 0.195 e. The molecule has 94 valence electrons. The first kappa shape index (κ1) is 14.7. The summed E-state index contributed by atoms with van der Waals surface area (Å²) in [4.78, 5) is 11.9. The number of rotatable bonds is 4. The molecule has 17 heavy (non-hydrogen) atoms. The van der Waals surface area contributed by atoms with E-state index in [9.17, 15) is 9.90 Å². The number of carbonyl (C=O) groups excluding carboxylic acids is 1. The first-order valence-electron chi connectivity index (χ1n) is 4.72. The minimum absolute atomic E-state index is 0.255. The van der Waals surface area contributed by atoms with Crippen LogP contribution in [-0.2, 0) is 0 Å². The van der Waals surface area contributed by atoms with Crippen LogP contribution < -0.4 is 9.05 Å². The summed E-state index contributed by atoms with van der Waals surface area (Å²) in [6, 6.07) is 1.49. The Kier molecular flexibility index (Phi) is 5.15. The van der Waals surface area contributed by atoms with Crippen LogP contribution in [0.15, 0.2) is 6.07 Å². The Balaban J connectivity index is 3.48. The van der Waals surface area contributed by atoms with Crippen molar-refractivity contribution in [3.63, 3.8) is 0 Å². The van der Waals surface area contributed by atoms with E-state index in [2.05, 4.69) is 9.47 Å². The molecule has 0 spiro atoms. The number of aliphatic hydroxyl groups excluding tert-OH is 1. The smallest absolute Gasteiger partial charge is 0.195 e. The molecule has 0 aromatic heterocycles. The lowest BCUT2D eigenvalue weighted by atomic mass is 10.00. The number of aliphatic hydroxyl groups is 1. The monoisotopic (exact) mass is 294 g/mol. The third kappa shape index (κ3) is 2.89. The van der Waals surface area contributed by atoms with Gasteiger partial charge in [0, 0.05) is 6.07 Å². The highest BCUT2D eigenvalue weighted by molar-refractivity contribution is 7.10. The van der Waals surface area contributed by atoms with Crippen LogP contribution in [0, 0.1) is 6.92 Å². The minimum atomic E-state index is -1.12. The topological polar surface area (TPSA) is 55.8 Å². The summed E-state index contributed by atoms with van der Waals surface area (Å²) in [5.74, 6) is 0.228. The van der Waals surface area contributed by atoms with Gasteiger partial charge in [-0.3, -0.25) is 4.79 Å². The Morgan fingerprint density at radius 3 is 2.35 bits per heavy atom. The Morgan fingerprint density at radius 1 is 1.41 bits per heavy atom. The molecular formula is C10H13ClO4P2. The molecule has 0 amide bonds. The maximum absolute atomic E-state index is 11.9. The zero-order valence-electron chi connectivity index (χ0n) is 9.36. The Morgan fingerprint density at radius 2 is 1.94 bits per heavy atom. The van der Waals surface area contributed by atoms with Gasteiger partial charge >= 0.3 is 0 Å². The summed E-state index contributed by atoms with van der Waals surface area (Å²) in [5, 5.41) is 9.66. The standard InChI is InChI=1S/C10H13ClO4P2/c1-4-8(10(13)5(2)12)6(14-16)3-7(15-17)9(4)11/h3,5,12H,16-17H2,1-2H3. The highest BCUT2D eigenvalue weighted by Gasteiger charge is 2.23. The minimum Gasteiger partial charge on any atom is -0.479 e. The zero-order chi connectivity index (χ0) is 13.2. The SMILES string of the molecule is Cc1c(Cl)c(OP)cc(OP)c1C(=O)C(C)O. The van der Waals surface area contributed by atoms with Gasteiger partial charge in [0.1, 0.15) is 17.6 Å². The van der Waals surface area contributed by atoms with E-state index < -0.39 is 11.9 Å². The molecule has 1 N–H and O–H groups in total. The van der Waals surface area contributed by atoms with Gasteiger partial charge in [-0.15, -0.1) is 0 Å². The number of benzene rings is 1. The quantitative estimate of drug-likeness (QED) is 0.685. The zero-order valence-corrected chi connectivity index (χ0v) is 12.4. The van der Waals surface area contributed by atoms with E-state index in [-0.39, 0.29) is 5.56 Å². The van der Waals surface area contributed by atoms with Gasteiger partial charge in [0.05, 0.1) is 29.5 Å². The Bertz CT molecular complexity index is 448. The fourth-order valence-electron chi connectivity index (χ4n) is 1.43. The van der Waals surface area contributed by atoms with E-state index >= 15 is 0 Å². The van der Waals surface area contributed by atoms with Gasteiger partial charge in [-0.1, -0.05) is 11.6 Å². The molecule has 0 radical (unpaired) electrons. The van der Waals surface area contributed by atoms with E-state index in [1.165, 1.54) is 13.0 Å².